The van der Waals surface area contributed by atoms with E-state index < -0.39 is 5.97 Å². The van der Waals surface area contributed by atoms with Gasteiger partial charge in [-0.25, -0.2) is 4.79 Å². The number of rotatable bonds is 5. The van der Waals surface area contributed by atoms with E-state index in [9.17, 15) is 4.79 Å². The Morgan fingerprint density at radius 1 is 0.935 bits per heavy atom. The maximum Gasteiger partial charge on any atom is 0.335 e. The molecule has 3 aromatic carbocycles. The summed E-state index contributed by atoms with van der Waals surface area (Å²) in [5.41, 5.74) is 7.49. The summed E-state index contributed by atoms with van der Waals surface area (Å²) in [6.07, 6.45) is 7.41. The van der Waals surface area contributed by atoms with Crippen LogP contribution in [0.5, 0.6) is 5.75 Å². The Kier molecular flexibility index (Phi) is 5.51. The fourth-order valence-electron chi connectivity index (χ4n) is 4.03. The van der Waals surface area contributed by atoms with Crippen LogP contribution in [0, 0.1) is 0 Å². The van der Waals surface area contributed by atoms with E-state index in [2.05, 4.69) is 56.3 Å². The van der Waals surface area contributed by atoms with E-state index in [4.69, 9.17) is 9.84 Å². The third-order valence-corrected chi connectivity index (χ3v) is 5.91. The number of benzene rings is 3. The first-order valence-corrected chi connectivity index (χ1v) is 10.4. The average molecular weight is 411 g/mol. The summed E-state index contributed by atoms with van der Waals surface area (Å²) in [6.45, 7) is 4.57. The summed E-state index contributed by atoms with van der Waals surface area (Å²) >= 11 is 0. The Bertz CT molecular complexity index is 1160. The van der Waals surface area contributed by atoms with Crippen molar-refractivity contribution >= 4 is 23.7 Å². The zero-order chi connectivity index (χ0) is 22.0. The monoisotopic (exact) mass is 410 g/mol. The van der Waals surface area contributed by atoms with Gasteiger partial charge in [0.2, 0.25) is 0 Å². The molecule has 0 aromatic heterocycles. The van der Waals surface area contributed by atoms with Crippen LogP contribution in [0.15, 0.2) is 72.8 Å². The molecule has 3 heteroatoms. The Balaban J connectivity index is 1.68. The van der Waals surface area contributed by atoms with E-state index in [-0.39, 0.29) is 5.41 Å². The van der Waals surface area contributed by atoms with Crippen LogP contribution in [0.4, 0.5) is 0 Å². The van der Waals surface area contributed by atoms with Gasteiger partial charge in [-0.1, -0.05) is 68.5 Å². The molecule has 1 aliphatic rings. The molecule has 3 nitrogen and oxygen atoms in total. The highest BCUT2D eigenvalue weighted by Gasteiger charge is 2.28. The maximum absolute atomic E-state index is 11.0. The minimum Gasteiger partial charge on any atom is -0.497 e. The molecule has 4 rings (SSSR count). The molecule has 3 aromatic rings. The Morgan fingerprint density at radius 3 is 2.23 bits per heavy atom. The van der Waals surface area contributed by atoms with Gasteiger partial charge in [0.1, 0.15) is 5.75 Å². The van der Waals surface area contributed by atoms with Crippen molar-refractivity contribution in [2.75, 3.05) is 7.11 Å². The predicted octanol–water partition coefficient (Wildman–Crippen LogP) is 6.68. The van der Waals surface area contributed by atoms with Gasteiger partial charge < -0.3 is 9.84 Å². The number of hydrogen-bond donors (Lipinski definition) is 1. The Morgan fingerprint density at radius 2 is 1.58 bits per heavy atom. The second kappa shape index (κ2) is 8.27. The molecule has 0 aliphatic heterocycles. The Hall–Kier alpha value is -3.59. The molecule has 0 radical (unpaired) electrons. The van der Waals surface area contributed by atoms with Crippen LogP contribution in [-0.4, -0.2) is 18.2 Å². The van der Waals surface area contributed by atoms with Crippen molar-refractivity contribution < 1.29 is 14.6 Å². The minimum absolute atomic E-state index is 0.0835. The molecule has 31 heavy (non-hydrogen) atoms. The minimum atomic E-state index is -0.911. The molecule has 0 bridgehead atoms. The normalized spacial score (nSPS) is 14.7. The number of hydrogen-bond acceptors (Lipinski definition) is 2. The van der Waals surface area contributed by atoms with Crippen LogP contribution in [0.25, 0.3) is 17.7 Å². The van der Waals surface area contributed by atoms with Crippen LogP contribution in [0.2, 0.25) is 0 Å². The molecular weight excluding hydrogens is 384 g/mol. The van der Waals surface area contributed by atoms with Crippen LogP contribution in [-0.2, 0) is 5.41 Å². The summed E-state index contributed by atoms with van der Waals surface area (Å²) in [6, 6.07) is 21.8. The third-order valence-electron chi connectivity index (χ3n) is 5.91. The van der Waals surface area contributed by atoms with Crippen molar-refractivity contribution in [2.45, 2.75) is 25.7 Å². The van der Waals surface area contributed by atoms with Gasteiger partial charge in [0, 0.05) is 0 Å². The number of fused-ring (bicyclic) bond motifs is 1. The first-order chi connectivity index (χ1) is 14.9. The first kappa shape index (κ1) is 20.7. The summed E-state index contributed by atoms with van der Waals surface area (Å²) in [7, 11) is 1.68. The van der Waals surface area contributed by atoms with Crippen molar-refractivity contribution in [2.24, 2.45) is 0 Å². The Labute approximate surface area is 183 Å². The lowest BCUT2D eigenvalue weighted by molar-refractivity contribution is 0.0697. The van der Waals surface area contributed by atoms with Gasteiger partial charge in [0.15, 0.2) is 0 Å². The number of carboxylic acid groups (broad SMARTS) is 1. The number of carboxylic acids is 1. The second-order valence-electron chi connectivity index (χ2n) is 8.50. The topological polar surface area (TPSA) is 46.5 Å². The summed E-state index contributed by atoms with van der Waals surface area (Å²) in [5.74, 6) is -0.0583. The van der Waals surface area contributed by atoms with Crippen LogP contribution >= 0.6 is 0 Å². The van der Waals surface area contributed by atoms with E-state index in [1.165, 1.54) is 22.3 Å². The van der Waals surface area contributed by atoms with Crippen molar-refractivity contribution in [3.05, 3.63) is 106 Å². The number of carbonyl (C=O) groups is 1. The quantitative estimate of drug-likeness (QED) is 0.477. The lowest BCUT2D eigenvalue weighted by Crippen LogP contribution is -2.21. The van der Waals surface area contributed by atoms with Gasteiger partial charge >= 0.3 is 5.97 Å². The van der Waals surface area contributed by atoms with E-state index >= 15 is 0 Å². The van der Waals surface area contributed by atoms with Crippen molar-refractivity contribution in [1.82, 2.24) is 0 Å². The van der Waals surface area contributed by atoms with Gasteiger partial charge in [-0.3, -0.25) is 0 Å². The largest absolute Gasteiger partial charge is 0.497 e. The van der Waals surface area contributed by atoms with Crippen LogP contribution in [0.3, 0.4) is 0 Å². The van der Waals surface area contributed by atoms with E-state index in [0.717, 1.165) is 23.3 Å². The molecular formula is C28H26O3. The van der Waals surface area contributed by atoms with Gasteiger partial charge in [-0.2, -0.15) is 0 Å². The van der Waals surface area contributed by atoms with Gasteiger partial charge in [0.25, 0.3) is 0 Å². The lowest BCUT2D eigenvalue weighted by Gasteiger charge is -2.32. The van der Waals surface area contributed by atoms with Crippen molar-refractivity contribution in [3.63, 3.8) is 0 Å². The van der Waals surface area contributed by atoms with E-state index in [0.29, 0.717) is 5.56 Å². The van der Waals surface area contributed by atoms with Crippen LogP contribution in [0.1, 0.15) is 58.4 Å². The zero-order valence-electron chi connectivity index (χ0n) is 18.1. The second-order valence-corrected chi connectivity index (χ2v) is 8.50. The fraction of sp³-hybridized carbons (Fsp3) is 0.179. The van der Waals surface area contributed by atoms with E-state index in [1.54, 1.807) is 19.2 Å². The molecule has 156 valence electrons. The number of ether oxygens (including phenoxy) is 1. The maximum atomic E-state index is 11.0. The highest BCUT2D eigenvalue weighted by molar-refractivity contribution is 5.88. The molecule has 0 amide bonds. The molecule has 0 saturated heterocycles. The molecule has 0 spiro atoms. The fourth-order valence-corrected chi connectivity index (χ4v) is 4.03. The lowest BCUT2D eigenvalue weighted by atomic mass is 9.72. The zero-order valence-corrected chi connectivity index (χ0v) is 18.1. The molecule has 0 heterocycles. The van der Waals surface area contributed by atoms with Gasteiger partial charge in [-0.15, -0.1) is 0 Å². The third kappa shape index (κ3) is 4.31. The molecule has 0 unspecified atom stereocenters. The molecule has 0 saturated carbocycles. The summed E-state index contributed by atoms with van der Waals surface area (Å²) in [4.78, 5) is 11.0. The van der Waals surface area contributed by atoms with Gasteiger partial charge in [-0.05, 0) is 75.6 Å². The van der Waals surface area contributed by atoms with Crippen LogP contribution < -0.4 is 4.74 Å². The van der Waals surface area contributed by atoms with E-state index in [1.807, 2.05) is 30.3 Å². The molecule has 0 fully saturated rings. The molecule has 1 aliphatic carbocycles. The highest BCUT2D eigenvalue weighted by Crippen LogP contribution is 2.42. The van der Waals surface area contributed by atoms with Crippen molar-refractivity contribution in [1.29, 1.82) is 0 Å². The number of aromatic carboxylic acids is 1. The predicted molar refractivity (Wildman–Crippen MR) is 126 cm³/mol. The van der Waals surface area contributed by atoms with Gasteiger partial charge in [0.05, 0.1) is 12.7 Å². The number of methoxy groups -OCH3 is 1. The first-order valence-electron chi connectivity index (χ1n) is 10.4. The summed E-state index contributed by atoms with van der Waals surface area (Å²) in [5, 5.41) is 9.06. The smallest absolute Gasteiger partial charge is 0.335 e. The SMILES string of the molecule is COc1ccc(C2=CCC(C)(C)c3ccc(/C=C/c4ccc(C(=O)O)cc4)cc32)cc1. The highest BCUT2D eigenvalue weighted by atomic mass is 16.5. The van der Waals surface area contributed by atoms with Crippen molar-refractivity contribution in [3.8, 4) is 5.75 Å². The molecule has 0 atom stereocenters. The number of allylic oxidation sites excluding steroid dienone is 1. The molecule has 1 N–H and O–H groups in total. The standard InChI is InChI=1S/C28H26O3/c1-28(2)17-16-24(21-11-13-23(31-3)14-12-21)25-18-20(8-15-26(25)28)5-4-19-6-9-22(10-7-19)27(29)30/h4-16,18H,17H2,1-3H3,(H,29,30)/b5-4+. The average Bonchev–Trinajstić information content (AvgIpc) is 2.78. The summed E-state index contributed by atoms with van der Waals surface area (Å²) < 4.78 is 5.31.